The van der Waals surface area contributed by atoms with Gasteiger partial charge in [-0.2, -0.15) is 0 Å². The van der Waals surface area contributed by atoms with Crippen LogP contribution in [0.4, 0.5) is 17.1 Å². The lowest BCUT2D eigenvalue weighted by atomic mass is 9.87. The lowest BCUT2D eigenvalue weighted by Gasteiger charge is -2.19. The largest absolute Gasteiger partial charge is 0.497 e. The van der Waals surface area contributed by atoms with Crippen LogP contribution >= 0.6 is 0 Å². The zero-order chi connectivity index (χ0) is 29.7. The maximum Gasteiger partial charge on any atom is 0.311 e. The summed E-state index contributed by atoms with van der Waals surface area (Å²) >= 11 is 0. The van der Waals surface area contributed by atoms with Gasteiger partial charge < -0.3 is 24.4 Å². The van der Waals surface area contributed by atoms with E-state index in [-0.39, 0.29) is 35.7 Å². The first kappa shape index (κ1) is 29.1. The summed E-state index contributed by atoms with van der Waals surface area (Å²) < 4.78 is 16.1. The van der Waals surface area contributed by atoms with E-state index in [0.717, 1.165) is 0 Å². The van der Waals surface area contributed by atoms with Crippen LogP contribution in [0.1, 0.15) is 32.8 Å². The van der Waals surface area contributed by atoms with Gasteiger partial charge in [0.05, 0.1) is 18.0 Å². The lowest BCUT2D eigenvalue weighted by Crippen LogP contribution is -2.28. The first-order valence-corrected chi connectivity index (χ1v) is 12.9. The fraction of sp³-hybridized carbons (Fsp3) is 0.300. The molecule has 0 bridgehead atoms. The zero-order valence-electron chi connectivity index (χ0n) is 23.2. The first-order valence-electron chi connectivity index (χ1n) is 12.9. The highest BCUT2D eigenvalue weighted by Crippen LogP contribution is 2.31. The fourth-order valence-electron chi connectivity index (χ4n) is 4.31. The first-order chi connectivity index (χ1) is 19.4. The van der Waals surface area contributed by atoms with E-state index < -0.39 is 29.3 Å². The number of nitrogens with zero attached hydrogens (tertiary/aromatic N) is 2. The number of methoxy groups -OCH3 is 1. The summed E-state index contributed by atoms with van der Waals surface area (Å²) in [6, 6.07) is 18.7. The number of rotatable bonds is 9. The van der Waals surface area contributed by atoms with Gasteiger partial charge in [0.2, 0.25) is 5.91 Å². The summed E-state index contributed by atoms with van der Waals surface area (Å²) in [5.74, 6) is -0.900. The van der Waals surface area contributed by atoms with Crippen LogP contribution in [-0.4, -0.2) is 43.0 Å². The molecule has 1 fully saturated rings. The van der Waals surface area contributed by atoms with Crippen LogP contribution in [0.5, 0.6) is 17.2 Å². The lowest BCUT2D eigenvalue weighted by molar-refractivity contribution is -0.383. The molecular weight excluding hydrogens is 530 g/mol. The number of benzene rings is 3. The Labute approximate surface area is 237 Å². The Morgan fingerprint density at radius 1 is 1.00 bits per heavy atom. The van der Waals surface area contributed by atoms with Crippen LogP contribution < -0.4 is 19.7 Å². The van der Waals surface area contributed by atoms with E-state index in [0.29, 0.717) is 22.9 Å². The van der Waals surface area contributed by atoms with Crippen LogP contribution in [0, 0.1) is 16.0 Å². The highest BCUT2D eigenvalue weighted by Gasteiger charge is 2.36. The van der Waals surface area contributed by atoms with Gasteiger partial charge in [-0.25, -0.2) is 0 Å². The van der Waals surface area contributed by atoms with Crippen LogP contribution in [0.3, 0.4) is 0 Å². The Morgan fingerprint density at radius 3 is 2.20 bits per heavy atom. The number of ether oxygens (including phenoxy) is 3. The molecule has 1 aliphatic heterocycles. The molecule has 1 saturated heterocycles. The zero-order valence-corrected chi connectivity index (χ0v) is 23.2. The number of nitrogens with one attached hydrogen (secondary N) is 1. The topological polar surface area (TPSA) is 137 Å². The molecule has 0 saturated carbocycles. The van der Waals surface area contributed by atoms with E-state index >= 15 is 0 Å². The quantitative estimate of drug-likeness (QED) is 0.213. The molecule has 3 aromatic rings. The van der Waals surface area contributed by atoms with Crippen LogP contribution in [0.25, 0.3) is 0 Å². The molecule has 214 valence electrons. The summed E-state index contributed by atoms with van der Waals surface area (Å²) in [6.45, 7) is 5.85. The van der Waals surface area contributed by atoms with Gasteiger partial charge in [0.25, 0.3) is 11.6 Å². The summed E-state index contributed by atoms with van der Waals surface area (Å²) in [5, 5.41) is 13.6. The highest BCUT2D eigenvalue weighted by atomic mass is 16.6. The van der Waals surface area contributed by atoms with Crippen molar-refractivity contribution in [3.05, 3.63) is 82.4 Å². The Hall–Kier alpha value is -4.93. The standard InChI is InChI=1S/C30H31N3O8/c1-30(2,3)20-5-9-22(10-6-20)41-23-11-7-21(8-12-23)32-17-19(15-28(32)35)29(36)40-18-27(34)31-25-16-24(39-4)13-14-26(25)33(37)38/h5-14,16,19H,15,17-18H2,1-4H3,(H,31,34)/t19-/m0/s1. The van der Waals surface area contributed by atoms with Gasteiger partial charge in [-0.3, -0.25) is 24.5 Å². The number of hydrogen-bond acceptors (Lipinski definition) is 8. The minimum Gasteiger partial charge on any atom is -0.497 e. The van der Waals surface area contributed by atoms with Crippen molar-refractivity contribution in [2.24, 2.45) is 5.92 Å². The third kappa shape index (κ3) is 7.18. The second-order valence-corrected chi connectivity index (χ2v) is 10.6. The Bertz CT molecular complexity index is 1450. The number of anilines is 2. The molecule has 1 heterocycles. The summed E-state index contributed by atoms with van der Waals surface area (Å²) in [5.41, 5.74) is 1.41. The molecule has 3 aromatic carbocycles. The van der Waals surface area contributed by atoms with Crippen molar-refractivity contribution in [2.45, 2.75) is 32.6 Å². The third-order valence-electron chi connectivity index (χ3n) is 6.58. The van der Waals surface area contributed by atoms with Gasteiger partial charge in [-0.1, -0.05) is 32.9 Å². The third-order valence-corrected chi connectivity index (χ3v) is 6.58. The van der Waals surface area contributed by atoms with Gasteiger partial charge in [-0.05, 0) is 53.4 Å². The average Bonchev–Trinajstić information content (AvgIpc) is 3.33. The Morgan fingerprint density at radius 2 is 1.61 bits per heavy atom. The van der Waals surface area contributed by atoms with Gasteiger partial charge in [0.15, 0.2) is 6.61 Å². The molecule has 0 radical (unpaired) electrons. The van der Waals surface area contributed by atoms with Crippen molar-refractivity contribution in [3.8, 4) is 17.2 Å². The summed E-state index contributed by atoms with van der Waals surface area (Å²) in [6.07, 6.45) is -0.0693. The van der Waals surface area contributed by atoms with Crippen molar-refractivity contribution < 1.29 is 33.5 Å². The summed E-state index contributed by atoms with van der Waals surface area (Å²) in [4.78, 5) is 49.7. The van der Waals surface area contributed by atoms with Gasteiger partial charge in [0, 0.05) is 30.8 Å². The van der Waals surface area contributed by atoms with Gasteiger partial charge >= 0.3 is 5.97 Å². The molecule has 1 N–H and O–H groups in total. The fourth-order valence-corrected chi connectivity index (χ4v) is 4.31. The van der Waals surface area contributed by atoms with Crippen LogP contribution in [0.15, 0.2) is 66.7 Å². The number of carbonyl (C=O) groups excluding carboxylic acids is 3. The molecule has 1 aliphatic rings. The monoisotopic (exact) mass is 561 g/mol. The number of carbonyl (C=O) groups is 3. The maximum atomic E-state index is 12.7. The SMILES string of the molecule is COc1ccc([N+](=O)[O-])c(NC(=O)COC(=O)[C@H]2CC(=O)N(c3ccc(Oc4ccc(C(C)(C)C)cc4)cc3)C2)c1. The molecule has 0 unspecified atom stereocenters. The normalized spacial score (nSPS) is 14.9. The van der Waals surface area contributed by atoms with Crippen molar-refractivity contribution in [1.82, 2.24) is 0 Å². The van der Waals surface area contributed by atoms with Crippen molar-refractivity contribution in [3.63, 3.8) is 0 Å². The number of esters is 1. The molecular formula is C30H31N3O8. The predicted molar refractivity (Wildman–Crippen MR) is 151 cm³/mol. The Balaban J connectivity index is 1.31. The van der Waals surface area contributed by atoms with Crippen LogP contribution in [0.2, 0.25) is 0 Å². The Kier molecular flexibility index (Phi) is 8.56. The van der Waals surface area contributed by atoms with Crippen molar-refractivity contribution in [1.29, 1.82) is 0 Å². The minimum atomic E-state index is -0.765. The summed E-state index contributed by atoms with van der Waals surface area (Å²) in [7, 11) is 1.38. The average molecular weight is 562 g/mol. The maximum absolute atomic E-state index is 12.7. The molecule has 11 heteroatoms. The number of nitro benzene ring substituents is 1. The van der Waals surface area contributed by atoms with E-state index in [1.54, 1.807) is 24.3 Å². The van der Waals surface area contributed by atoms with Crippen molar-refractivity contribution in [2.75, 3.05) is 30.5 Å². The van der Waals surface area contributed by atoms with E-state index in [4.69, 9.17) is 14.2 Å². The smallest absolute Gasteiger partial charge is 0.311 e. The van der Waals surface area contributed by atoms with E-state index in [1.807, 2.05) is 24.3 Å². The second kappa shape index (κ2) is 12.1. The highest BCUT2D eigenvalue weighted by molar-refractivity contribution is 6.00. The molecule has 41 heavy (non-hydrogen) atoms. The second-order valence-electron chi connectivity index (χ2n) is 10.6. The number of hydrogen-bond donors (Lipinski definition) is 1. The molecule has 2 amide bonds. The van der Waals surface area contributed by atoms with E-state index in [2.05, 4.69) is 26.1 Å². The van der Waals surface area contributed by atoms with Gasteiger partial charge in [0.1, 0.15) is 22.9 Å². The van der Waals surface area contributed by atoms with E-state index in [9.17, 15) is 24.5 Å². The molecule has 0 aromatic heterocycles. The predicted octanol–water partition coefficient (Wildman–Crippen LogP) is 5.23. The van der Waals surface area contributed by atoms with Crippen LogP contribution in [-0.2, 0) is 24.5 Å². The molecule has 0 spiro atoms. The molecule has 0 aliphatic carbocycles. The molecule has 1 atom stereocenters. The van der Waals surface area contributed by atoms with Crippen molar-refractivity contribution >= 4 is 34.8 Å². The van der Waals surface area contributed by atoms with E-state index in [1.165, 1.54) is 35.8 Å². The molecule has 4 rings (SSSR count). The number of amides is 2. The van der Waals surface area contributed by atoms with Gasteiger partial charge in [-0.15, -0.1) is 0 Å². The minimum absolute atomic E-state index is 0.0408. The molecule has 11 nitrogen and oxygen atoms in total. The number of nitro groups is 1.